The molecule has 0 fully saturated rings. The first-order valence-corrected chi connectivity index (χ1v) is 5.70. The first-order valence-electron chi connectivity index (χ1n) is 5.70. The Bertz CT molecular complexity index is 686. The summed E-state index contributed by atoms with van der Waals surface area (Å²) in [6.07, 6.45) is 0. The number of halogens is 3. The van der Waals surface area contributed by atoms with Crippen LogP contribution in [0.1, 0.15) is 15.9 Å². The van der Waals surface area contributed by atoms with Crippen LogP contribution in [0.3, 0.4) is 0 Å². The van der Waals surface area contributed by atoms with Crippen LogP contribution in [0.25, 0.3) is 0 Å². The van der Waals surface area contributed by atoms with Gasteiger partial charge in [0.05, 0.1) is 16.9 Å². The molecule has 0 aliphatic carbocycles. The summed E-state index contributed by atoms with van der Waals surface area (Å²) in [5, 5.41) is 2.19. The minimum absolute atomic E-state index is 0.114. The maximum absolute atomic E-state index is 13.7. The summed E-state index contributed by atoms with van der Waals surface area (Å²) in [6.45, 7) is 1.70. The molecule has 0 radical (unpaired) electrons. The third-order valence-electron chi connectivity index (χ3n) is 2.68. The number of amides is 1. The van der Waals surface area contributed by atoms with Gasteiger partial charge in [-0.15, -0.1) is 0 Å². The van der Waals surface area contributed by atoms with Gasteiger partial charge in [0, 0.05) is 0 Å². The Hall–Kier alpha value is -2.50. The van der Waals surface area contributed by atoms with Gasteiger partial charge in [-0.3, -0.25) is 4.79 Å². The number of nitrogen functional groups attached to an aromatic ring is 1. The van der Waals surface area contributed by atoms with Gasteiger partial charge < -0.3 is 11.1 Å². The van der Waals surface area contributed by atoms with Crippen LogP contribution in [0.2, 0.25) is 0 Å². The zero-order valence-electron chi connectivity index (χ0n) is 10.5. The minimum atomic E-state index is -1.04. The van der Waals surface area contributed by atoms with Crippen molar-refractivity contribution in [1.29, 1.82) is 0 Å². The normalized spacial score (nSPS) is 10.4. The van der Waals surface area contributed by atoms with E-state index in [1.807, 2.05) is 0 Å². The molecule has 0 atom stereocenters. The molecule has 2 aromatic rings. The summed E-state index contributed by atoms with van der Waals surface area (Å²) in [4.78, 5) is 11.9. The molecule has 0 bridgehead atoms. The van der Waals surface area contributed by atoms with Crippen molar-refractivity contribution in [3.63, 3.8) is 0 Å². The van der Waals surface area contributed by atoms with E-state index in [1.54, 1.807) is 6.92 Å². The van der Waals surface area contributed by atoms with E-state index in [4.69, 9.17) is 5.73 Å². The van der Waals surface area contributed by atoms with Crippen molar-refractivity contribution in [3.05, 3.63) is 58.9 Å². The van der Waals surface area contributed by atoms with Crippen LogP contribution < -0.4 is 11.1 Å². The van der Waals surface area contributed by atoms with Gasteiger partial charge in [-0.25, -0.2) is 13.2 Å². The number of aryl methyl sites for hydroxylation is 1. The Morgan fingerprint density at radius 2 is 1.85 bits per heavy atom. The lowest BCUT2D eigenvalue weighted by Gasteiger charge is -2.09. The number of rotatable bonds is 2. The van der Waals surface area contributed by atoms with Gasteiger partial charge in [0.2, 0.25) is 0 Å². The fourth-order valence-corrected chi connectivity index (χ4v) is 1.70. The lowest BCUT2D eigenvalue weighted by molar-refractivity contribution is 0.102. The summed E-state index contributed by atoms with van der Waals surface area (Å²) in [7, 11) is 0. The lowest BCUT2D eigenvalue weighted by Crippen LogP contribution is -2.16. The number of nitrogens with two attached hydrogens (primary N) is 1. The highest BCUT2D eigenvalue weighted by molar-refractivity contribution is 6.05. The molecule has 6 heteroatoms. The van der Waals surface area contributed by atoms with Crippen molar-refractivity contribution in [2.75, 3.05) is 11.1 Å². The second-order valence-corrected chi connectivity index (χ2v) is 4.29. The van der Waals surface area contributed by atoms with Crippen LogP contribution in [0.15, 0.2) is 30.3 Å². The molecule has 0 aliphatic heterocycles. The standard InChI is InChI=1S/C14H11F3N2O/c1-7-2-3-10(16)12(4-7)19-14(20)9-5-8(15)6-11(18)13(9)17/h2-6H,18H2,1H3,(H,19,20). The number of carbonyl (C=O) groups is 1. The average molecular weight is 280 g/mol. The van der Waals surface area contributed by atoms with Crippen LogP contribution in [-0.4, -0.2) is 5.91 Å². The Kier molecular flexibility index (Phi) is 3.65. The molecule has 3 nitrogen and oxygen atoms in total. The number of nitrogens with one attached hydrogen (secondary N) is 1. The van der Waals surface area contributed by atoms with Crippen molar-refractivity contribution in [2.45, 2.75) is 6.92 Å². The molecule has 0 aromatic heterocycles. The predicted octanol–water partition coefficient (Wildman–Crippen LogP) is 3.25. The summed E-state index contributed by atoms with van der Waals surface area (Å²) in [6, 6.07) is 5.54. The van der Waals surface area contributed by atoms with Crippen molar-refractivity contribution >= 4 is 17.3 Å². The van der Waals surface area contributed by atoms with Crippen LogP contribution in [-0.2, 0) is 0 Å². The zero-order chi connectivity index (χ0) is 14.9. The van der Waals surface area contributed by atoms with E-state index in [2.05, 4.69) is 5.32 Å². The number of benzene rings is 2. The topological polar surface area (TPSA) is 55.1 Å². The van der Waals surface area contributed by atoms with Crippen LogP contribution in [0.5, 0.6) is 0 Å². The van der Waals surface area contributed by atoms with Gasteiger partial charge in [0.25, 0.3) is 5.91 Å². The van der Waals surface area contributed by atoms with Crippen molar-refractivity contribution in [2.24, 2.45) is 0 Å². The fraction of sp³-hybridized carbons (Fsp3) is 0.0714. The molecular weight excluding hydrogens is 269 g/mol. The van der Waals surface area contributed by atoms with Crippen molar-refractivity contribution in [3.8, 4) is 0 Å². The maximum Gasteiger partial charge on any atom is 0.258 e. The predicted molar refractivity (Wildman–Crippen MR) is 69.9 cm³/mol. The van der Waals surface area contributed by atoms with Crippen molar-refractivity contribution < 1.29 is 18.0 Å². The molecule has 104 valence electrons. The Morgan fingerprint density at radius 1 is 1.15 bits per heavy atom. The van der Waals surface area contributed by atoms with E-state index in [0.717, 1.165) is 6.07 Å². The third-order valence-corrected chi connectivity index (χ3v) is 2.68. The van der Waals surface area contributed by atoms with E-state index >= 15 is 0 Å². The van der Waals surface area contributed by atoms with E-state index in [1.165, 1.54) is 18.2 Å². The van der Waals surface area contributed by atoms with Crippen LogP contribution in [0.4, 0.5) is 24.5 Å². The molecule has 0 aliphatic rings. The van der Waals surface area contributed by atoms with Gasteiger partial charge >= 0.3 is 0 Å². The summed E-state index contributed by atoms with van der Waals surface area (Å²) in [5.41, 5.74) is 4.77. The molecule has 0 unspecified atom stereocenters. The maximum atomic E-state index is 13.7. The summed E-state index contributed by atoms with van der Waals surface area (Å²) in [5.74, 6) is -3.54. The Morgan fingerprint density at radius 3 is 2.55 bits per heavy atom. The monoisotopic (exact) mass is 280 g/mol. The van der Waals surface area contributed by atoms with E-state index in [9.17, 15) is 18.0 Å². The first kappa shape index (κ1) is 13.9. The van der Waals surface area contributed by atoms with E-state index < -0.39 is 34.6 Å². The van der Waals surface area contributed by atoms with Gasteiger partial charge in [-0.2, -0.15) is 0 Å². The first-order chi connectivity index (χ1) is 9.38. The Balaban J connectivity index is 2.35. The quantitative estimate of drug-likeness (QED) is 0.830. The fourth-order valence-electron chi connectivity index (χ4n) is 1.70. The second-order valence-electron chi connectivity index (χ2n) is 4.29. The number of anilines is 2. The highest BCUT2D eigenvalue weighted by Gasteiger charge is 2.17. The average Bonchev–Trinajstić information content (AvgIpc) is 2.38. The van der Waals surface area contributed by atoms with Crippen LogP contribution in [0, 0.1) is 24.4 Å². The number of hydrogen-bond donors (Lipinski definition) is 2. The highest BCUT2D eigenvalue weighted by Crippen LogP contribution is 2.21. The molecule has 2 rings (SSSR count). The van der Waals surface area contributed by atoms with E-state index in [0.29, 0.717) is 11.6 Å². The highest BCUT2D eigenvalue weighted by atomic mass is 19.1. The second kappa shape index (κ2) is 5.24. The summed E-state index contributed by atoms with van der Waals surface area (Å²) < 4.78 is 40.3. The molecule has 2 aromatic carbocycles. The minimum Gasteiger partial charge on any atom is -0.396 e. The van der Waals surface area contributed by atoms with Crippen molar-refractivity contribution in [1.82, 2.24) is 0 Å². The Labute approximate surface area is 113 Å². The molecule has 3 N–H and O–H groups in total. The van der Waals surface area contributed by atoms with Gasteiger partial charge in [0.1, 0.15) is 11.6 Å². The third kappa shape index (κ3) is 2.74. The number of carbonyl (C=O) groups excluding carboxylic acids is 1. The smallest absolute Gasteiger partial charge is 0.258 e. The molecule has 0 spiro atoms. The van der Waals surface area contributed by atoms with Gasteiger partial charge in [0.15, 0.2) is 5.82 Å². The number of hydrogen-bond acceptors (Lipinski definition) is 2. The molecule has 0 saturated heterocycles. The molecule has 1 amide bonds. The lowest BCUT2D eigenvalue weighted by atomic mass is 10.1. The van der Waals surface area contributed by atoms with E-state index in [-0.39, 0.29) is 5.69 Å². The SMILES string of the molecule is Cc1ccc(F)c(NC(=O)c2cc(F)cc(N)c2F)c1. The molecule has 20 heavy (non-hydrogen) atoms. The molecule has 0 heterocycles. The summed E-state index contributed by atoms with van der Waals surface area (Å²) >= 11 is 0. The molecular formula is C14H11F3N2O. The van der Waals surface area contributed by atoms with Gasteiger partial charge in [-0.05, 0) is 36.8 Å². The van der Waals surface area contributed by atoms with Crippen LogP contribution >= 0.6 is 0 Å². The largest absolute Gasteiger partial charge is 0.396 e. The zero-order valence-corrected chi connectivity index (χ0v) is 10.5. The van der Waals surface area contributed by atoms with Gasteiger partial charge in [-0.1, -0.05) is 6.07 Å². The molecule has 0 saturated carbocycles.